The first-order valence-electron chi connectivity index (χ1n) is 8.96. The summed E-state index contributed by atoms with van der Waals surface area (Å²) in [7, 11) is 0. The fourth-order valence-corrected chi connectivity index (χ4v) is 4.44. The van der Waals surface area contributed by atoms with Gasteiger partial charge in [-0.3, -0.25) is 4.79 Å². The Hall–Kier alpha value is -1.62. The lowest BCUT2D eigenvalue weighted by molar-refractivity contribution is -0.132. The van der Waals surface area contributed by atoms with Gasteiger partial charge in [-0.15, -0.1) is 11.3 Å². The third-order valence-electron chi connectivity index (χ3n) is 5.32. The molecule has 2 aromatic rings. The second-order valence-electron chi connectivity index (χ2n) is 7.17. The van der Waals surface area contributed by atoms with Crippen LogP contribution in [0.25, 0.3) is 0 Å². The number of aromatic nitrogens is 1. The molecule has 0 radical (unpaired) electrons. The molecule has 4 nitrogen and oxygen atoms in total. The zero-order chi connectivity index (χ0) is 16.5. The molecular formula is C19H24N2O2S. The van der Waals surface area contributed by atoms with Gasteiger partial charge in [0.05, 0.1) is 5.01 Å². The Morgan fingerprint density at radius 2 is 2.33 bits per heavy atom. The number of carbonyl (C=O) groups excluding carboxylic acids is 1. The van der Waals surface area contributed by atoms with Crippen molar-refractivity contribution in [1.82, 2.24) is 9.88 Å². The molecule has 1 saturated heterocycles. The Balaban J connectivity index is 1.30. The van der Waals surface area contributed by atoms with Crippen LogP contribution in [0.2, 0.25) is 0 Å². The molecule has 2 aliphatic rings. The summed E-state index contributed by atoms with van der Waals surface area (Å²) in [4.78, 5) is 19.0. The van der Waals surface area contributed by atoms with Crippen molar-refractivity contribution in [3.63, 3.8) is 0 Å². The number of aryl methyl sites for hydroxylation is 1. The Labute approximate surface area is 146 Å². The smallest absolute Gasteiger partial charge is 0.223 e. The van der Waals surface area contributed by atoms with Gasteiger partial charge in [0, 0.05) is 49.3 Å². The monoisotopic (exact) mass is 344 g/mol. The summed E-state index contributed by atoms with van der Waals surface area (Å²) in [6, 6.07) is 4.13. The van der Waals surface area contributed by atoms with Crippen molar-refractivity contribution in [3.05, 3.63) is 40.2 Å². The average molecular weight is 344 g/mol. The summed E-state index contributed by atoms with van der Waals surface area (Å²) in [5, 5.41) is 3.19. The van der Waals surface area contributed by atoms with E-state index in [1.54, 1.807) is 11.3 Å². The number of amides is 1. The topological polar surface area (TPSA) is 46.3 Å². The van der Waals surface area contributed by atoms with Crippen LogP contribution in [0.1, 0.15) is 61.0 Å². The Morgan fingerprint density at radius 3 is 3.08 bits per heavy atom. The lowest BCUT2D eigenvalue weighted by Crippen LogP contribution is -2.39. The molecule has 5 heteroatoms. The lowest BCUT2D eigenvalue weighted by Gasteiger charge is -2.31. The van der Waals surface area contributed by atoms with Gasteiger partial charge in [0.2, 0.25) is 5.91 Å². The van der Waals surface area contributed by atoms with E-state index < -0.39 is 0 Å². The minimum absolute atomic E-state index is 0.244. The van der Waals surface area contributed by atoms with Crippen LogP contribution in [0, 0.1) is 5.92 Å². The maximum atomic E-state index is 12.6. The molecule has 0 spiro atoms. The summed E-state index contributed by atoms with van der Waals surface area (Å²) >= 11 is 1.70. The maximum absolute atomic E-state index is 12.6. The number of furan rings is 1. The van der Waals surface area contributed by atoms with Gasteiger partial charge >= 0.3 is 0 Å². The van der Waals surface area contributed by atoms with Crippen LogP contribution in [0.4, 0.5) is 0 Å². The summed E-state index contributed by atoms with van der Waals surface area (Å²) in [6.07, 6.45) is 6.54. The molecule has 3 unspecified atom stereocenters. The molecule has 0 aromatic carbocycles. The van der Waals surface area contributed by atoms with Gasteiger partial charge in [0.1, 0.15) is 11.5 Å². The third-order valence-corrected chi connectivity index (χ3v) is 6.26. The Bertz CT molecular complexity index is 694. The van der Waals surface area contributed by atoms with Crippen LogP contribution in [-0.4, -0.2) is 28.9 Å². The quantitative estimate of drug-likeness (QED) is 0.817. The average Bonchev–Trinajstić information content (AvgIpc) is 3.04. The van der Waals surface area contributed by atoms with E-state index in [0.29, 0.717) is 24.7 Å². The summed E-state index contributed by atoms with van der Waals surface area (Å²) < 4.78 is 5.92. The zero-order valence-corrected chi connectivity index (χ0v) is 14.9. The summed E-state index contributed by atoms with van der Waals surface area (Å²) in [6.45, 7) is 3.95. The van der Waals surface area contributed by atoms with Crippen LogP contribution in [0.15, 0.2) is 28.1 Å². The highest BCUT2D eigenvalue weighted by molar-refractivity contribution is 7.09. The molecule has 1 saturated carbocycles. The van der Waals surface area contributed by atoms with Crippen LogP contribution in [0.3, 0.4) is 0 Å². The van der Waals surface area contributed by atoms with Gasteiger partial charge in [-0.25, -0.2) is 4.98 Å². The Kier molecular flexibility index (Phi) is 4.44. The standard InChI is InChI=1S/C19H24N2O2S/c1-13-11-16(13)17-6-4-15(23-17)5-7-18(22)21-9-2-3-14(12-21)19-20-8-10-24-19/h4,6,8,10,13-14,16H,2-3,5,7,9,11-12H2,1H3. The Morgan fingerprint density at radius 1 is 1.46 bits per heavy atom. The van der Waals surface area contributed by atoms with E-state index in [4.69, 9.17) is 4.42 Å². The molecule has 3 heterocycles. The van der Waals surface area contributed by atoms with Crippen molar-refractivity contribution in [1.29, 1.82) is 0 Å². The van der Waals surface area contributed by atoms with Crippen LogP contribution in [0.5, 0.6) is 0 Å². The number of hydrogen-bond acceptors (Lipinski definition) is 4. The molecule has 3 atom stereocenters. The van der Waals surface area contributed by atoms with E-state index in [1.165, 1.54) is 11.4 Å². The van der Waals surface area contributed by atoms with E-state index in [1.807, 2.05) is 22.5 Å². The first kappa shape index (κ1) is 15.9. The van der Waals surface area contributed by atoms with Gasteiger partial charge in [-0.05, 0) is 37.3 Å². The van der Waals surface area contributed by atoms with Crippen molar-refractivity contribution in [2.24, 2.45) is 5.92 Å². The minimum Gasteiger partial charge on any atom is -0.466 e. The van der Waals surface area contributed by atoms with Crippen molar-refractivity contribution in [3.8, 4) is 0 Å². The largest absolute Gasteiger partial charge is 0.466 e. The molecule has 1 aliphatic carbocycles. The maximum Gasteiger partial charge on any atom is 0.223 e. The van der Waals surface area contributed by atoms with Crippen LogP contribution in [-0.2, 0) is 11.2 Å². The van der Waals surface area contributed by atoms with Crippen molar-refractivity contribution in [2.75, 3.05) is 13.1 Å². The molecule has 24 heavy (non-hydrogen) atoms. The molecule has 1 amide bonds. The number of carbonyl (C=O) groups is 1. The first-order chi connectivity index (χ1) is 11.7. The van der Waals surface area contributed by atoms with Gasteiger partial charge in [-0.1, -0.05) is 6.92 Å². The van der Waals surface area contributed by atoms with Gasteiger partial charge in [0.15, 0.2) is 0 Å². The van der Waals surface area contributed by atoms with Gasteiger partial charge in [0.25, 0.3) is 0 Å². The fourth-order valence-electron chi connectivity index (χ4n) is 3.68. The van der Waals surface area contributed by atoms with Crippen LogP contribution >= 0.6 is 11.3 Å². The number of hydrogen-bond donors (Lipinski definition) is 0. The van der Waals surface area contributed by atoms with Crippen LogP contribution < -0.4 is 0 Å². The number of rotatable bonds is 5. The van der Waals surface area contributed by atoms with Gasteiger partial charge < -0.3 is 9.32 Å². The highest BCUT2D eigenvalue weighted by atomic mass is 32.1. The molecule has 0 bridgehead atoms. The zero-order valence-electron chi connectivity index (χ0n) is 14.1. The minimum atomic E-state index is 0.244. The second-order valence-corrected chi connectivity index (χ2v) is 8.10. The molecular weight excluding hydrogens is 320 g/mol. The van der Waals surface area contributed by atoms with Crippen molar-refractivity contribution < 1.29 is 9.21 Å². The molecule has 128 valence electrons. The summed E-state index contributed by atoms with van der Waals surface area (Å²) in [5.74, 6) is 4.07. The predicted octanol–water partition coefficient (Wildman–Crippen LogP) is 4.20. The van der Waals surface area contributed by atoms with Crippen molar-refractivity contribution in [2.45, 2.75) is 50.9 Å². The number of thiazole rings is 1. The van der Waals surface area contributed by atoms with E-state index in [-0.39, 0.29) is 5.91 Å². The highest BCUT2D eigenvalue weighted by Gasteiger charge is 2.36. The first-order valence-corrected chi connectivity index (χ1v) is 9.84. The number of piperidine rings is 1. The SMILES string of the molecule is CC1CC1c1ccc(CCC(=O)N2CCCC(c3nccs3)C2)o1. The van der Waals surface area contributed by atoms with Crippen molar-refractivity contribution >= 4 is 17.2 Å². The molecule has 2 aromatic heterocycles. The van der Waals surface area contributed by atoms with Gasteiger partial charge in [-0.2, -0.15) is 0 Å². The third kappa shape index (κ3) is 3.41. The highest BCUT2D eigenvalue weighted by Crippen LogP contribution is 2.47. The predicted molar refractivity (Wildman–Crippen MR) is 94.2 cm³/mol. The summed E-state index contributed by atoms with van der Waals surface area (Å²) in [5.41, 5.74) is 0. The number of likely N-dealkylation sites (tertiary alicyclic amines) is 1. The van der Waals surface area contributed by atoms with E-state index >= 15 is 0 Å². The van der Waals surface area contributed by atoms with E-state index in [0.717, 1.165) is 43.4 Å². The second kappa shape index (κ2) is 6.71. The van der Waals surface area contributed by atoms with E-state index in [9.17, 15) is 4.79 Å². The molecule has 4 rings (SSSR count). The number of nitrogens with zero attached hydrogens (tertiary/aromatic N) is 2. The molecule has 1 aliphatic heterocycles. The van der Waals surface area contributed by atoms with E-state index in [2.05, 4.69) is 18.0 Å². The molecule has 0 N–H and O–H groups in total. The lowest BCUT2D eigenvalue weighted by atomic mass is 9.98. The fraction of sp³-hybridized carbons (Fsp3) is 0.579. The molecule has 2 fully saturated rings. The normalized spacial score (nSPS) is 26.5.